The van der Waals surface area contributed by atoms with Gasteiger partial charge < -0.3 is 19.8 Å². The van der Waals surface area contributed by atoms with E-state index in [1.54, 1.807) is 27.7 Å². The second kappa shape index (κ2) is 5.14. The lowest BCUT2D eigenvalue weighted by Crippen LogP contribution is -2.53. The highest BCUT2D eigenvalue weighted by atomic mass is 16.6. The van der Waals surface area contributed by atoms with Gasteiger partial charge in [-0.3, -0.25) is 4.79 Å². The van der Waals surface area contributed by atoms with E-state index in [1.807, 2.05) is 0 Å². The molecule has 1 saturated heterocycles. The van der Waals surface area contributed by atoms with Gasteiger partial charge in [-0.2, -0.15) is 0 Å². The highest BCUT2D eigenvalue weighted by Gasteiger charge is 2.40. The molecule has 1 rings (SSSR count). The zero-order chi connectivity index (χ0) is 14.1. The average molecular weight is 259 g/mol. The fourth-order valence-corrected chi connectivity index (χ4v) is 1.97. The zero-order valence-electron chi connectivity index (χ0n) is 11.2. The normalized spacial score (nSPS) is 28.9. The van der Waals surface area contributed by atoms with Crippen molar-refractivity contribution in [2.24, 2.45) is 11.8 Å². The molecule has 0 aliphatic carbocycles. The Morgan fingerprint density at radius 3 is 2.28 bits per heavy atom. The minimum absolute atomic E-state index is 0.0181. The molecule has 1 amide bonds. The predicted octanol–water partition coefficient (Wildman–Crippen LogP) is 0.935. The van der Waals surface area contributed by atoms with Crippen LogP contribution in [0.3, 0.4) is 0 Å². The first-order valence-electron chi connectivity index (χ1n) is 6.00. The molecular formula is C12H21NO5. The van der Waals surface area contributed by atoms with Crippen molar-refractivity contribution in [3.05, 3.63) is 0 Å². The van der Waals surface area contributed by atoms with Crippen LogP contribution in [0.25, 0.3) is 0 Å². The van der Waals surface area contributed by atoms with E-state index < -0.39 is 29.7 Å². The second-order valence-electron chi connectivity index (χ2n) is 5.80. The van der Waals surface area contributed by atoms with Gasteiger partial charge in [0.2, 0.25) is 0 Å². The van der Waals surface area contributed by atoms with Crippen LogP contribution in [0.15, 0.2) is 0 Å². The molecule has 3 unspecified atom stereocenters. The molecule has 1 fully saturated rings. The van der Waals surface area contributed by atoms with Crippen LogP contribution < -0.4 is 0 Å². The predicted molar refractivity (Wildman–Crippen MR) is 64.1 cm³/mol. The van der Waals surface area contributed by atoms with Gasteiger partial charge in [0.25, 0.3) is 0 Å². The van der Waals surface area contributed by atoms with Gasteiger partial charge in [0.15, 0.2) is 0 Å². The molecule has 1 aliphatic rings. The summed E-state index contributed by atoms with van der Waals surface area (Å²) in [4.78, 5) is 24.2. The van der Waals surface area contributed by atoms with E-state index in [0.717, 1.165) is 0 Å². The quantitative estimate of drug-likeness (QED) is 0.731. The van der Waals surface area contributed by atoms with E-state index in [1.165, 1.54) is 4.90 Å². The third-order valence-electron chi connectivity index (χ3n) is 2.89. The number of piperidine rings is 1. The highest BCUT2D eigenvalue weighted by molar-refractivity contribution is 5.74. The lowest BCUT2D eigenvalue weighted by atomic mass is 9.87. The molecule has 1 aliphatic heterocycles. The largest absolute Gasteiger partial charge is 0.481 e. The lowest BCUT2D eigenvalue weighted by Gasteiger charge is -2.38. The topological polar surface area (TPSA) is 87.1 Å². The Labute approximate surface area is 107 Å². The molecule has 0 aromatic carbocycles. The molecule has 18 heavy (non-hydrogen) atoms. The van der Waals surface area contributed by atoms with Crippen molar-refractivity contribution < 1.29 is 24.5 Å². The third kappa shape index (κ3) is 3.60. The number of aliphatic carboxylic acids is 1. The summed E-state index contributed by atoms with van der Waals surface area (Å²) >= 11 is 0. The average Bonchev–Trinajstić information content (AvgIpc) is 2.18. The summed E-state index contributed by atoms with van der Waals surface area (Å²) in [6, 6.07) is 0. The third-order valence-corrected chi connectivity index (χ3v) is 2.89. The number of ether oxygens (including phenoxy) is 1. The molecule has 6 nitrogen and oxygen atoms in total. The van der Waals surface area contributed by atoms with Crippen LogP contribution in [-0.4, -0.2) is 52.0 Å². The molecule has 0 bridgehead atoms. The molecule has 6 heteroatoms. The summed E-state index contributed by atoms with van der Waals surface area (Å²) in [5.74, 6) is -2.34. The first-order valence-corrected chi connectivity index (χ1v) is 6.00. The van der Waals surface area contributed by atoms with Gasteiger partial charge in [0, 0.05) is 19.0 Å². The van der Waals surface area contributed by atoms with Gasteiger partial charge in [-0.25, -0.2) is 4.79 Å². The second-order valence-corrected chi connectivity index (χ2v) is 5.80. The molecule has 0 aromatic rings. The number of hydrogen-bond acceptors (Lipinski definition) is 4. The number of carboxylic acid groups (broad SMARTS) is 1. The standard InChI is InChI=1S/C12H21NO5/c1-7-5-13(11(17)18-12(2,3)4)6-8(9(7)14)10(15)16/h7-9,14H,5-6H2,1-4H3,(H,15,16). The summed E-state index contributed by atoms with van der Waals surface area (Å²) in [5.41, 5.74) is -0.616. The van der Waals surface area contributed by atoms with Gasteiger partial charge in [-0.05, 0) is 20.8 Å². The van der Waals surface area contributed by atoms with Crippen LogP contribution >= 0.6 is 0 Å². The fourth-order valence-electron chi connectivity index (χ4n) is 1.97. The van der Waals surface area contributed by atoms with E-state index in [-0.39, 0.29) is 12.5 Å². The SMILES string of the molecule is CC1CN(C(=O)OC(C)(C)C)CC(C(=O)O)C1O. The smallest absolute Gasteiger partial charge is 0.410 e. The molecule has 0 saturated carbocycles. The maximum absolute atomic E-state index is 11.9. The number of likely N-dealkylation sites (tertiary alicyclic amines) is 1. The minimum atomic E-state index is -1.09. The molecule has 3 atom stereocenters. The Bertz CT molecular complexity index is 336. The summed E-state index contributed by atoms with van der Waals surface area (Å²) in [5, 5.41) is 18.8. The van der Waals surface area contributed by atoms with E-state index in [4.69, 9.17) is 9.84 Å². The Morgan fingerprint density at radius 1 is 1.28 bits per heavy atom. The van der Waals surface area contributed by atoms with Crippen LogP contribution in [0.1, 0.15) is 27.7 Å². The van der Waals surface area contributed by atoms with Gasteiger partial charge in [0.1, 0.15) is 11.5 Å². The number of aliphatic hydroxyl groups is 1. The van der Waals surface area contributed by atoms with E-state index in [2.05, 4.69) is 0 Å². The Kier molecular flexibility index (Phi) is 4.21. The number of amides is 1. The van der Waals surface area contributed by atoms with E-state index in [9.17, 15) is 14.7 Å². The molecule has 0 radical (unpaired) electrons. The molecule has 0 spiro atoms. The number of nitrogens with zero attached hydrogens (tertiary/aromatic N) is 1. The molecule has 104 valence electrons. The van der Waals surface area contributed by atoms with Crippen molar-refractivity contribution >= 4 is 12.1 Å². The fraction of sp³-hybridized carbons (Fsp3) is 0.833. The van der Waals surface area contributed by atoms with Gasteiger partial charge >= 0.3 is 12.1 Å². The summed E-state index contributed by atoms with van der Waals surface area (Å²) < 4.78 is 5.20. The van der Waals surface area contributed by atoms with Crippen molar-refractivity contribution in [2.45, 2.75) is 39.4 Å². The maximum Gasteiger partial charge on any atom is 0.410 e. The summed E-state index contributed by atoms with van der Waals surface area (Å²) in [6.07, 6.45) is -1.46. The van der Waals surface area contributed by atoms with Gasteiger partial charge in [-0.1, -0.05) is 6.92 Å². The molecule has 1 heterocycles. The summed E-state index contributed by atoms with van der Waals surface area (Å²) in [7, 11) is 0. The first kappa shape index (κ1) is 14.8. The lowest BCUT2D eigenvalue weighted by molar-refractivity contribution is -0.150. The van der Waals surface area contributed by atoms with Gasteiger partial charge in [-0.15, -0.1) is 0 Å². The Hall–Kier alpha value is -1.30. The number of carbonyl (C=O) groups excluding carboxylic acids is 1. The minimum Gasteiger partial charge on any atom is -0.481 e. The number of carboxylic acids is 1. The number of hydrogen-bond donors (Lipinski definition) is 2. The molecule has 2 N–H and O–H groups in total. The van der Waals surface area contributed by atoms with Crippen LogP contribution in [0.4, 0.5) is 4.79 Å². The molecule has 0 aromatic heterocycles. The monoisotopic (exact) mass is 259 g/mol. The maximum atomic E-state index is 11.9. The van der Waals surface area contributed by atoms with E-state index in [0.29, 0.717) is 6.54 Å². The summed E-state index contributed by atoms with van der Waals surface area (Å²) in [6.45, 7) is 7.26. The van der Waals surface area contributed by atoms with Crippen molar-refractivity contribution in [2.75, 3.05) is 13.1 Å². The van der Waals surface area contributed by atoms with Gasteiger partial charge in [0.05, 0.1) is 6.10 Å². The van der Waals surface area contributed by atoms with Crippen molar-refractivity contribution in [3.8, 4) is 0 Å². The van der Waals surface area contributed by atoms with Crippen LogP contribution in [-0.2, 0) is 9.53 Å². The Morgan fingerprint density at radius 2 is 1.83 bits per heavy atom. The zero-order valence-corrected chi connectivity index (χ0v) is 11.2. The van der Waals surface area contributed by atoms with Crippen LogP contribution in [0.2, 0.25) is 0 Å². The van der Waals surface area contributed by atoms with Crippen molar-refractivity contribution in [1.29, 1.82) is 0 Å². The first-order chi connectivity index (χ1) is 8.11. The Balaban J connectivity index is 2.74. The number of rotatable bonds is 1. The molecular weight excluding hydrogens is 238 g/mol. The number of aliphatic hydroxyl groups excluding tert-OH is 1. The number of carbonyl (C=O) groups is 2. The van der Waals surface area contributed by atoms with Crippen LogP contribution in [0.5, 0.6) is 0 Å². The van der Waals surface area contributed by atoms with Crippen LogP contribution in [0, 0.1) is 11.8 Å². The highest BCUT2D eigenvalue weighted by Crippen LogP contribution is 2.24. The van der Waals surface area contributed by atoms with Crippen molar-refractivity contribution in [1.82, 2.24) is 4.90 Å². The van der Waals surface area contributed by atoms with E-state index >= 15 is 0 Å². The van der Waals surface area contributed by atoms with Crippen molar-refractivity contribution in [3.63, 3.8) is 0 Å².